The molecule has 0 amide bonds. The molecule has 2 aliphatic heterocycles. The fourth-order valence-corrected chi connectivity index (χ4v) is 5.49. The SMILES string of the molecule is C.CC(C)N1CCN(Cc2cc(CN)cc(CN3CCN(C(C)C)CC3)c2)CC1.CCN(CC)C(C)C. The molecule has 0 aliphatic carbocycles. The van der Waals surface area contributed by atoms with Gasteiger partial charge in [0.15, 0.2) is 0 Å². The summed E-state index contributed by atoms with van der Waals surface area (Å²) >= 11 is 0. The molecule has 2 aliphatic rings. The Labute approximate surface area is 231 Å². The number of nitrogens with zero attached hydrogens (tertiary/aromatic N) is 5. The number of rotatable bonds is 10. The van der Waals surface area contributed by atoms with Crippen LogP contribution in [0.3, 0.4) is 0 Å². The molecule has 2 saturated heterocycles. The largest absolute Gasteiger partial charge is 0.326 e. The van der Waals surface area contributed by atoms with Crippen LogP contribution < -0.4 is 5.73 Å². The lowest BCUT2D eigenvalue weighted by Gasteiger charge is -2.37. The topological polar surface area (TPSA) is 42.2 Å². The standard InChI is InChI=1S/C23H41N5.C7H17N.CH4/c1-19(2)27-9-5-25(6-10-27)17-22-13-21(16-24)14-23(15-22)18-26-7-11-28(12-8-26)20(3)4;1-5-8(6-2)7(3)4;/h13-15,19-20H,5-12,16-18,24H2,1-4H3;7H,5-6H2,1-4H3;1H4. The van der Waals surface area contributed by atoms with E-state index in [1.807, 2.05) is 0 Å². The second-order valence-electron chi connectivity index (χ2n) is 11.5. The van der Waals surface area contributed by atoms with Gasteiger partial charge in [-0.25, -0.2) is 0 Å². The lowest BCUT2D eigenvalue weighted by molar-refractivity contribution is 0.103. The smallest absolute Gasteiger partial charge is 0.0235 e. The Morgan fingerprint density at radius 1 is 0.649 bits per heavy atom. The third kappa shape index (κ3) is 11.7. The quantitative estimate of drug-likeness (QED) is 0.489. The van der Waals surface area contributed by atoms with E-state index in [-0.39, 0.29) is 7.43 Å². The molecule has 0 bridgehead atoms. The monoisotopic (exact) mass is 519 g/mol. The van der Waals surface area contributed by atoms with Crippen LogP contribution in [0.2, 0.25) is 0 Å². The Balaban J connectivity index is 0.000000661. The van der Waals surface area contributed by atoms with Crippen LogP contribution in [-0.4, -0.2) is 108 Å². The molecule has 0 unspecified atom stereocenters. The van der Waals surface area contributed by atoms with E-state index in [2.05, 4.69) is 98.1 Å². The van der Waals surface area contributed by atoms with Gasteiger partial charge < -0.3 is 10.6 Å². The summed E-state index contributed by atoms with van der Waals surface area (Å²) in [7, 11) is 0. The highest BCUT2D eigenvalue weighted by Crippen LogP contribution is 2.17. The van der Waals surface area contributed by atoms with Gasteiger partial charge in [-0.2, -0.15) is 0 Å². The predicted octanol–water partition coefficient (Wildman–Crippen LogP) is 4.57. The van der Waals surface area contributed by atoms with Crippen molar-refractivity contribution in [3.8, 4) is 0 Å². The van der Waals surface area contributed by atoms with Gasteiger partial charge in [0.25, 0.3) is 0 Å². The van der Waals surface area contributed by atoms with Crippen molar-refractivity contribution in [2.45, 2.75) is 101 Å². The van der Waals surface area contributed by atoms with E-state index >= 15 is 0 Å². The minimum Gasteiger partial charge on any atom is -0.326 e. The maximum Gasteiger partial charge on any atom is 0.0235 e. The number of piperazine rings is 2. The van der Waals surface area contributed by atoms with Crippen molar-refractivity contribution >= 4 is 0 Å². The summed E-state index contributed by atoms with van der Waals surface area (Å²) in [4.78, 5) is 12.8. The first-order chi connectivity index (χ1) is 17.2. The second-order valence-corrected chi connectivity index (χ2v) is 11.5. The highest BCUT2D eigenvalue weighted by atomic mass is 15.3. The average Bonchev–Trinajstić information content (AvgIpc) is 2.85. The maximum absolute atomic E-state index is 6.02. The van der Waals surface area contributed by atoms with Crippen molar-refractivity contribution < 1.29 is 0 Å². The fraction of sp³-hybridized carbons (Fsp3) is 0.806. The van der Waals surface area contributed by atoms with Crippen molar-refractivity contribution in [2.24, 2.45) is 5.73 Å². The molecular formula is C31H62N6. The molecule has 0 atom stereocenters. The summed E-state index contributed by atoms with van der Waals surface area (Å²) in [6, 6.07) is 9.08. The molecule has 0 saturated carbocycles. The zero-order valence-electron chi connectivity index (χ0n) is 25.0. The number of hydrogen-bond acceptors (Lipinski definition) is 6. The zero-order valence-corrected chi connectivity index (χ0v) is 25.0. The molecule has 0 aromatic heterocycles. The molecule has 2 heterocycles. The second kappa shape index (κ2) is 17.5. The Morgan fingerprint density at radius 2 is 1.00 bits per heavy atom. The van der Waals surface area contributed by atoms with E-state index in [0.717, 1.165) is 39.3 Å². The van der Waals surface area contributed by atoms with Crippen molar-refractivity contribution in [3.63, 3.8) is 0 Å². The molecule has 2 fully saturated rings. The van der Waals surface area contributed by atoms with E-state index in [1.165, 1.54) is 56.0 Å². The molecule has 2 N–H and O–H groups in total. The van der Waals surface area contributed by atoms with E-state index in [0.29, 0.717) is 24.7 Å². The van der Waals surface area contributed by atoms with E-state index in [4.69, 9.17) is 5.73 Å². The normalized spacial score (nSPS) is 18.4. The minimum atomic E-state index is 0. The minimum absolute atomic E-state index is 0. The summed E-state index contributed by atoms with van der Waals surface area (Å²) < 4.78 is 0. The van der Waals surface area contributed by atoms with Crippen molar-refractivity contribution in [1.29, 1.82) is 0 Å². The molecule has 1 aromatic rings. The van der Waals surface area contributed by atoms with E-state index in [1.54, 1.807) is 0 Å². The summed E-state index contributed by atoms with van der Waals surface area (Å²) in [5.74, 6) is 0. The predicted molar refractivity (Wildman–Crippen MR) is 163 cm³/mol. The maximum atomic E-state index is 6.02. The molecule has 0 spiro atoms. The summed E-state index contributed by atoms with van der Waals surface area (Å²) in [5.41, 5.74) is 10.1. The first-order valence-corrected chi connectivity index (χ1v) is 14.6. The molecule has 3 rings (SSSR count). The first kappa shape index (κ1) is 34.0. The van der Waals surface area contributed by atoms with Gasteiger partial charge in [-0.1, -0.05) is 39.5 Å². The number of nitrogens with two attached hydrogens (primary N) is 1. The summed E-state index contributed by atoms with van der Waals surface area (Å²) in [5, 5.41) is 0. The summed E-state index contributed by atoms with van der Waals surface area (Å²) in [6.45, 7) is 32.5. The van der Waals surface area contributed by atoms with Crippen molar-refractivity contribution in [3.05, 3.63) is 34.9 Å². The third-order valence-corrected chi connectivity index (χ3v) is 7.98. The van der Waals surface area contributed by atoms with Gasteiger partial charge >= 0.3 is 0 Å². The van der Waals surface area contributed by atoms with Crippen LogP contribution in [0.25, 0.3) is 0 Å². The lowest BCUT2D eigenvalue weighted by Crippen LogP contribution is -2.48. The van der Waals surface area contributed by atoms with Crippen molar-refractivity contribution in [1.82, 2.24) is 24.5 Å². The van der Waals surface area contributed by atoms with Gasteiger partial charge in [0.05, 0.1) is 0 Å². The van der Waals surface area contributed by atoms with Gasteiger partial charge in [0, 0.05) is 90.1 Å². The highest BCUT2D eigenvalue weighted by Gasteiger charge is 2.21. The van der Waals surface area contributed by atoms with Crippen LogP contribution in [0, 0.1) is 0 Å². The van der Waals surface area contributed by atoms with Gasteiger partial charge in [-0.05, 0) is 71.3 Å². The van der Waals surface area contributed by atoms with Gasteiger partial charge in [0.2, 0.25) is 0 Å². The van der Waals surface area contributed by atoms with Gasteiger partial charge in [-0.3, -0.25) is 19.6 Å². The Hall–Kier alpha value is -1.02. The lowest BCUT2D eigenvalue weighted by atomic mass is 10.0. The zero-order chi connectivity index (χ0) is 26.7. The van der Waals surface area contributed by atoms with Gasteiger partial charge in [0.1, 0.15) is 0 Å². The molecule has 6 nitrogen and oxygen atoms in total. The number of hydrogen-bond donors (Lipinski definition) is 1. The molecule has 6 heteroatoms. The average molecular weight is 519 g/mol. The summed E-state index contributed by atoms with van der Waals surface area (Å²) in [6.07, 6.45) is 0. The molecule has 1 aromatic carbocycles. The molecule has 37 heavy (non-hydrogen) atoms. The molecule has 0 radical (unpaired) electrons. The van der Waals surface area contributed by atoms with Crippen LogP contribution in [0.4, 0.5) is 0 Å². The van der Waals surface area contributed by atoms with Crippen molar-refractivity contribution in [2.75, 3.05) is 65.4 Å². The van der Waals surface area contributed by atoms with Gasteiger partial charge in [-0.15, -0.1) is 0 Å². The van der Waals surface area contributed by atoms with Crippen LogP contribution >= 0.6 is 0 Å². The van der Waals surface area contributed by atoms with Crippen LogP contribution in [0.15, 0.2) is 18.2 Å². The van der Waals surface area contributed by atoms with E-state index in [9.17, 15) is 0 Å². The molecular weight excluding hydrogens is 456 g/mol. The van der Waals surface area contributed by atoms with Crippen LogP contribution in [-0.2, 0) is 19.6 Å². The van der Waals surface area contributed by atoms with Crippen LogP contribution in [0.5, 0.6) is 0 Å². The Kier molecular flexibility index (Phi) is 16.1. The molecule has 216 valence electrons. The Bertz CT molecular complexity index is 666. The van der Waals surface area contributed by atoms with Crippen LogP contribution in [0.1, 0.15) is 79.5 Å². The highest BCUT2D eigenvalue weighted by molar-refractivity contribution is 5.30. The Morgan fingerprint density at radius 3 is 1.24 bits per heavy atom. The van der Waals surface area contributed by atoms with E-state index < -0.39 is 0 Å². The number of benzene rings is 1. The fourth-order valence-electron chi connectivity index (χ4n) is 5.49. The third-order valence-electron chi connectivity index (χ3n) is 7.98. The first-order valence-electron chi connectivity index (χ1n) is 14.6.